The van der Waals surface area contributed by atoms with E-state index in [0.717, 1.165) is 23.0 Å². The zero-order chi connectivity index (χ0) is 23.8. The molecule has 3 heterocycles. The van der Waals surface area contributed by atoms with E-state index < -0.39 is 11.7 Å². The van der Waals surface area contributed by atoms with Gasteiger partial charge in [0.15, 0.2) is 0 Å². The lowest BCUT2D eigenvalue weighted by Crippen LogP contribution is -2.48. The molecule has 1 amide bonds. The van der Waals surface area contributed by atoms with Gasteiger partial charge in [0, 0.05) is 32.7 Å². The molecule has 0 atom stereocenters. The number of carbonyl (C=O) groups is 1. The van der Waals surface area contributed by atoms with Crippen LogP contribution in [0.5, 0.6) is 0 Å². The van der Waals surface area contributed by atoms with Gasteiger partial charge in [-0.15, -0.1) is 11.3 Å². The summed E-state index contributed by atoms with van der Waals surface area (Å²) in [5.41, 5.74) is 2.66. The van der Waals surface area contributed by atoms with Crippen LogP contribution < -0.4 is 0 Å². The van der Waals surface area contributed by atoms with Gasteiger partial charge in [0.2, 0.25) is 0 Å². The Morgan fingerprint density at radius 2 is 1.82 bits per heavy atom. The monoisotopic (exact) mass is 496 g/mol. The van der Waals surface area contributed by atoms with Crippen molar-refractivity contribution in [3.05, 3.63) is 73.7 Å². The zero-order valence-corrected chi connectivity index (χ0v) is 19.9. The number of halogens is 4. The normalized spacial score (nSPS) is 15.3. The minimum absolute atomic E-state index is 0.0173. The van der Waals surface area contributed by atoms with E-state index in [1.54, 1.807) is 11.0 Å². The number of aromatic nitrogens is 2. The number of piperazine rings is 1. The molecule has 1 aliphatic rings. The van der Waals surface area contributed by atoms with Gasteiger partial charge in [0.05, 0.1) is 33.4 Å². The van der Waals surface area contributed by atoms with E-state index in [1.807, 2.05) is 30.0 Å². The maximum Gasteiger partial charge on any atom is 0.416 e. The summed E-state index contributed by atoms with van der Waals surface area (Å²) in [5.74, 6) is -0.0173. The van der Waals surface area contributed by atoms with Crippen LogP contribution in [0.4, 0.5) is 13.2 Å². The number of benzene rings is 1. The smallest absolute Gasteiger partial charge is 0.335 e. The average Bonchev–Trinajstić information content (AvgIpc) is 3.34. The first-order chi connectivity index (χ1) is 15.6. The Labute approximate surface area is 199 Å². The van der Waals surface area contributed by atoms with Crippen molar-refractivity contribution in [1.29, 1.82) is 0 Å². The van der Waals surface area contributed by atoms with Crippen molar-refractivity contribution in [2.45, 2.75) is 33.1 Å². The van der Waals surface area contributed by atoms with E-state index >= 15 is 0 Å². The average molecular weight is 497 g/mol. The van der Waals surface area contributed by atoms with Crippen LogP contribution in [-0.2, 0) is 19.3 Å². The molecule has 3 aromatic rings. The van der Waals surface area contributed by atoms with E-state index in [0.29, 0.717) is 54.7 Å². The largest absolute Gasteiger partial charge is 0.416 e. The molecule has 0 aliphatic carbocycles. The molecule has 10 heteroatoms. The van der Waals surface area contributed by atoms with Crippen molar-refractivity contribution in [3.63, 3.8) is 0 Å². The minimum atomic E-state index is -4.35. The number of rotatable bonds is 5. The van der Waals surface area contributed by atoms with Crippen molar-refractivity contribution in [1.82, 2.24) is 19.6 Å². The Morgan fingerprint density at radius 3 is 2.45 bits per heavy atom. The Morgan fingerprint density at radius 1 is 1.09 bits per heavy atom. The summed E-state index contributed by atoms with van der Waals surface area (Å²) in [6.45, 7) is 7.07. The van der Waals surface area contributed by atoms with Crippen LogP contribution in [-0.4, -0.2) is 51.7 Å². The predicted octanol–water partition coefficient (Wildman–Crippen LogP) is 5.24. The highest BCUT2D eigenvalue weighted by molar-refractivity contribution is 7.12. The van der Waals surface area contributed by atoms with Crippen molar-refractivity contribution >= 4 is 28.8 Å². The molecule has 33 heavy (non-hydrogen) atoms. The zero-order valence-electron chi connectivity index (χ0n) is 18.3. The number of aryl methyl sites for hydroxylation is 1. The summed E-state index contributed by atoms with van der Waals surface area (Å²) < 4.78 is 40.7. The molecular weight excluding hydrogens is 473 g/mol. The number of thiophene rings is 1. The lowest BCUT2D eigenvalue weighted by atomic mass is 10.1. The maximum absolute atomic E-state index is 13.0. The first-order valence-corrected chi connectivity index (χ1v) is 11.8. The first-order valence-electron chi connectivity index (χ1n) is 10.6. The van der Waals surface area contributed by atoms with Gasteiger partial charge >= 0.3 is 6.18 Å². The Hall–Kier alpha value is -2.36. The highest BCUT2D eigenvalue weighted by atomic mass is 35.5. The van der Waals surface area contributed by atoms with Crippen molar-refractivity contribution < 1.29 is 18.0 Å². The van der Waals surface area contributed by atoms with Crippen molar-refractivity contribution in [2.75, 3.05) is 26.2 Å². The summed E-state index contributed by atoms with van der Waals surface area (Å²) >= 11 is 7.63. The van der Waals surface area contributed by atoms with Gasteiger partial charge in [-0.3, -0.25) is 14.4 Å². The summed E-state index contributed by atoms with van der Waals surface area (Å²) in [6, 6.07) is 7.31. The number of alkyl halides is 3. The predicted molar refractivity (Wildman–Crippen MR) is 123 cm³/mol. The van der Waals surface area contributed by atoms with Gasteiger partial charge in [0.1, 0.15) is 0 Å². The molecule has 2 aromatic heterocycles. The summed E-state index contributed by atoms with van der Waals surface area (Å²) in [6.07, 6.45) is -4.35. The molecule has 0 bridgehead atoms. The standard InChI is InChI=1S/C23H24ClF3N4OS/c1-15-21(24)16(2)31(28-15)13-18-11-20(33-14-18)22(32)30-8-6-29(7-9-30)12-17-4-3-5-19(10-17)23(25,26)27/h3-5,10-11,14H,6-9,12-13H2,1-2H3. The lowest BCUT2D eigenvalue weighted by Gasteiger charge is -2.34. The van der Waals surface area contributed by atoms with Crippen LogP contribution in [0, 0.1) is 13.8 Å². The molecule has 0 unspecified atom stereocenters. The number of amides is 1. The van der Waals surface area contributed by atoms with Crippen molar-refractivity contribution in [2.24, 2.45) is 0 Å². The van der Waals surface area contributed by atoms with Crippen LogP contribution in [0.1, 0.15) is 37.7 Å². The number of carbonyl (C=O) groups excluding carboxylic acids is 1. The van der Waals surface area contributed by atoms with E-state index in [-0.39, 0.29) is 5.91 Å². The molecule has 4 rings (SSSR count). The Bertz CT molecular complexity index is 1150. The number of hydrogen-bond acceptors (Lipinski definition) is 4. The minimum Gasteiger partial charge on any atom is -0.335 e. The second-order valence-electron chi connectivity index (χ2n) is 8.23. The van der Waals surface area contributed by atoms with Gasteiger partial charge in [-0.2, -0.15) is 18.3 Å². The van der Waals surface area contributed by atoms with Gasteiger partial charge in [-0.05, 0) is 42.5 Å². The third kappa shape index (κ3) is 5.42. The number of nitrogens with zero attached hydrogens (tertiary/aromatic N) is 4. The van der Waals surface area contributed by atoms with Crippen LogP contribution in [0.2, 0.25) is 5.02 Å². The van der Waals surface area contributed by atoms with Gasteiger partial charge < -0.3 is 4.90 Å². The third-order valence-electron chi connectivity index (χ3n) is 5.81. The highest BCUT2D eigenvalue weighted by Gasteiger charge is 2.30. The molecule has 1 aliphatic heterocycles. The molecule has 5 nitrogen and oxygen atoms in total. The molecule has 0 saturated carbocycles. The molecule has 1 fully saturated rings. The first kappa shape index (κ1) is 23.8. The second kappa shape index (κ2) is 9.48. The van der Waals surface area contributed by atoms with Gasteiger partial charge in [-0.25, -0.2) is 0 Å². The van der Waals surface area contributed by atoms with Crippen LogP contribution >= 0.6 is 22.9 Å². The van der Waals surface area contributed by atoms with E-state index in [9.17, 15) is 18.0 Å². The molecule has 0 radical (unpaired) electrons. The lowest BCUT2D eigenvalue weighted by molar-refractivity contribution is -0.137. The molecule has 1 aromatic carbocycles. The molecule has 0 N–H and O–H groups in total. The van der Waals surface area contributed by atoms with Crippen LogP contribution in [0.25, 0.3) is 0 Å². The SMILES string of the molecule is Cc1nn(Cc2csc(C(=O)N3CCN(Cc4cccc(C(F)(F)F)c4)CC3)c2)c(C)c1Cl. The van der Waals surface area contributed by atoms with Gasteiger partial charge in [-0.1, -0.05) is 29.8 Å². The molecular formula is C23H24ClF3N4OS. The van der Waals surface area contributed by atoms with E-state index in [1.165, 1.54) is 23.5 Å². The maximum atomic E-state index is 13.0. The fourth-order valence-electron chi connectivity index (χ4n) is 3.94. The highest BCUT2D eigenvalue weighted by Crippen LogP contribution is 2.30. The summed E-state index contributed by atoms with van der Waals surface area (Å²) in [5, 5.41) is 7.05. The summed E-state index contributed by atoms with van der Waals surface area (Å²) in [4.78, 5) is 17.5. The second-order valence-corrected chi connectivity index (χ2v) is 9.52. The van der Waals surface area contributed by atoms with E-state index in [4.69, 9.17) is 11.6 Å². The summed E-state index contributed by atoms with van der Waals surface area (Å²) in [7, 11) is 0. The van der Waals surface area contributed by atoms with E-state index in [2.05, 4.69) is 10.00 Å². The quantitative estimate of drug-likeness (QED) is 0.485. The molecule has 176 valence electrons. The fourth-order valence-corrected chi connectivity index (χ4v) is 4.95. The Balaban J connectivity index is 1.33. The van der Waals surface area contributed by atoms with Crippen molar-refractivity contribution in [3.8, 4) is 0 Å². The Kier molecular flexibility index (Phi) is 6.83. The molecule has 1 saturated heterocycles. The van der Waals surface area contributed by atoms with Crippen LogP contribution in [0.15, 0.2) is 35.7 Å². The third-order valence-corrected chi connectivity index (χ3v) is 7.32. The fraction of sp³-hybridized carbons (Fsp3) is 0.391. The number of hydrogen-bond donors (Lipinski definition) is 0. The topological polar surface area (TPSA) is 41.4 Å². The molecule has 0 spiro atoms. The van der Waals surface area contributed by atoms with Crippen LogP contribution in [0.3, 0.4) is 0 Å². The van der Waals surface area contributed by atoms with Gasteiger partial charge in [0.25, 0.3) is 5.91 Å².